The van der Waals surface area contributed by atoms with Crippen LogP contribution in [0.3, 0.4) is 0 Å². The Kier molecular flexibility index (Phi) is 2.02. The van der Waals surface area contributed by atoms with Crippen molar-refractivity contribution in [3.05, 3.63) is 0 Å². The van der Waals surface area contributed by atoms with Crippen molar-refractivity contribution < 1.29 is 5.11 Å². The normalized spacial score (nSPS) is 34.8. The Morgan fingerprint density at radius 1 is 1.40 bits per heavy atom. The highest BCUT2D eigenvalue weighted by atomic mass is 16.3. The maximum atomic E-state index is 9.20. The van der Waals surface area contributed by atoms with E-state index in [0.29, 0.717) is 6.04 Å². The zero-order chi connectivity index (χ0) is 7.78. The average molecular weight is 143 g/mol. The third-order valence-electron chi connectivity index (χ3n) is 2.15. The van der Waals surface area contributed by atoms with E-state index >= 15 is 0 Å². The average Bonchev–Trinajstić information content (AvgIpc) is 2.11. The van der Waals surface area contributed by atoms with Crippen LogP contribution < -0.4 is 5.32 Å². The first-order valence-electron chi connectivity index (χ1n) is 3.91. The van der Waals surface area contributed by atoms with Gasteiger partial charge in [0, 0.05) is 12.6 Å². The molecule has 0 aromatic heterocycles. The highest BCUT2D eigenvalue weighted by Crippen LogP contribution is 2.25. The highest BCUT2D eigenvalue weighted by Gasteiger charge is 2.31. The molecule has 0 bridgehead atoms. The summed E-state index contributed by atoms with van der Waals surface area (Å²) in [5.41, 5.74) is 0.289. The van der Waals surface area contributed by atoms with Crippen LogP contribution in [-0.2, 0) is 0 Å². The molecule has 10 heavy (non-hydrogen) atoms. The molecule has 0 unspecified atom stereocenters. The van der Waals surface area contributed by atoms with E-state index < -0.39 is 0 Å². The molecule has 1 rings (SSSR count). The van der Waals surface area contributed by atoms with Crippen molar-refractivity contribution >= 4 is 0 Å². The molecule has 2 nitrogen and oxygen atoms in total. The van der Waals surface area contributed by atoms with Crippen molar-refractivity contribution in [1.29, 1.82) is 0 Å². The number of β-amino-alcohol motifs (C(OH)–C–C–N with tert-alkyl or cyclic N) is 1. The largest absolute Gasteiger partial charge is 0.392 e. The Labute approximate surface area is 62.6 Å². The molecule has 60 valence electrons. The van der Waals surface area contributed by atoms with Crippen LogP contribution in [0.25, 0.3) is 0 Å². The van der Waals surface area contributed by atoms with Crippen molar-refractivity contribution in [1.82, 2.24) is 5.32 Å². The molecule has 0 radical (unpaired) electrons. The number of hydrogen-bond acceptors (Lipinski definition) is 2. The first-order valence-corrected chi connectivity index (χ1v) is 3.91. The summed E-state index contributed by atoms with van der Waals surface area (Å²) in [5, 5.41) is 12.5. The summed E-state index contributed by atoms with van der Waals surface area (Å²) in [6.45, 7) is 7.36. The van der Waals surface area contributed by atoms with Gasteiger partial charge in [-0.2, -0.15) is 0 Å². The number of aliphatic hydroxyl groups is 1. The predicted octanol–water partition coefficient (Wildman–Crippen LogP) is 0.755. The van der Waals surface area contributed by atoms with Gasteiger partial charge in [0.1, 0.15) is 0 Å². The fraction of sp³-hybridized carbons (Fsp3) is 1.00. The summed E-state index contributed by atoms with van der Waals surface area (Å²) in [4.78, 5) is 0. The van der Waals surface area contributed by atoms with Crippen molar-refractivity contribution in [2.45, 2.75) is 39.3 Å². The first-order chi connectivity index (χ1) is 4.50. The van der Waals surface area contributed by atoms with Crippen LogP contribution in [0.1, 0.15) is 27.2 Å². The Morgan fingerprint density at radius 3 is 2.20 bits per heavy atom. The minimum atomic E-state index is -0.121. The second-order valence-corrected chi connectivity index (χ2v) is 4.22. The highest BCUT2D eigenvalue weighted by molar-refractivity contribution is 4.88. The van der Waals surface area contributed by atoms with Crippen LogP contribution in [0.5, 0.6) is 0 Å². The molecule has 2 atom stereocenters. The second-order valence-electron chi connectivity index (χ2n) is 4.22. The lowest BCUT2D eigenvalue weighted by atomic mass is 9.86. The summed E-state index contributed by atoms with van der Waals surface area (Å²) in [6, 6.07) is 0.488. The van der Waals surface area contributed by atoms with E-state index in [1.54, 1.807) is 0 Å². The van der Waals surface area contributed by atoms with Crippen molar-refractivity contribution in [2.75, 3.05) is 6.54 Å². The fourth-order valence-corrected chi connectivity index (χ4v) is 1.38. The molecule has 0 amide bonds. The van der Waals surface area contributed by atoms with E-state index in [-0.39, 0.29) is 11.5 Å². The van der Waals surface area contributed by atoms with Gasteiger partial charge in [0.25, 0.3) is 0 Å². The topological polar surface area (TPSA) is 32.3 Å². The SMILES string of the molecule is CC(C)(C)[C@@H]1C[C@@H](O)CN1. The Morgan fingerprint density at radius 2 is 2.00 bits per heavy atom. The maximum absolute atomic E-state index is 9.20. The molecule has 1 heterocycles. The van der Waals surface area contributed by atoms with Gasteiger partial charge in [-0.05, 0) is 11.8 Å². The standard InChI is InChI=1S/C8H17NO/c1-8(2,3)7-4-6(10)5-9-7/h6-7,9-10H,4-5H2,1-3H3/t6-,7+/m1/s1. The van der Waals surface area contributed by atoms with Crippen molar-refractivity contribution in [3.63, 3.8) is 0 Å². The third-order valence-corrected chi connectivity index (χ3v) is 2.15. The first kappa shape index (κ1) is 8.02. The van der Waals surface area contributed by atoms with Crippen LogP contribution in [0.2, 0.25) is 0 Å². The minimum Gasteiger partial charge on any atom is -0.392 e. The van der Waals surface area contributed by atoms with E-state index in [1.807, 2.05) is 0 Å². The molecule has 0 aromatic carbocycles. The quantitative estimate of drug-likeness (QED) is 0.524. The summed E-state index contributed by atoms with van der Waals surface area (Å²) in [6.07, 6.45) is 0.785. The molecule has 1 fully saturated rings. The van der Waals surface area contributed by atoms with Gasteiger partial charge >= 0.3 is 0 Å². The summed E-state index contributed by atoms with van der Waals surface area (Å²) in [7, 11) is 0. The van der Waals surface area contributed by atoms with Gasteiger partial charge < -0.3 is 10.4 Å². The van der Waals surface area contributed by atoms with E-state index in [0.717, 1.165) is 13.0 Å². The lowest BCUT2D eigenvalue weighted by Gasteiger charge is -2.26. The number of aliphatic hydroxyl groups excluding tert-OH is 1. The van der Waals surface area contributed by atoms with Gasteiger partial charge in [0.05, 0.1) is 6.10 Å². The van der Waals surface area contributed by atoms with Gasteiger partial charge in [0.15, 0.2) is 0 Å². The van der Waals surface area contributed by atoms with Crippen LogP contribution >= 0.6 is 0 Å². The molecular weight excluding hydrogens is 126 g/mol. The Balaban J connectivity index is 2.45. The van der Waals surface area contributed by atoms with Crippen LogP contribution in [-0.4, -0.2) is 23.8 Å². The lowest BCUT2D eigenvalue weighted by Crippen LogP contribution is -2.34. The second kappa shape index (κ2) is 2.51. The zero-order valence-electron chi connectivity index (χ0n) is 7.02. The molecule has 1 aliphatic heterocycles. The summed E-state index contributed by atoms with van der Waals surface area (Å²) in [5.74, 6) is 0. The minimum absolute atomic E-state index is 0.121. The van der Waals surface area contributed by atoms with E-state index in [1.165, 1.54) is 0 Å². The lowest BCUT2D eigenvalue weighted by molar-refractivity contribution is 0.182. The molecule has 2 N–H and O–H groups in total. The van der Waals surface area contributed by atoms with Gasteiger partial charge in [-0.25, -0.2) is 0 Å². The van der Waals surface area contributed by atoms with E-state index in [4.69, 9.17) is 0 Å². The van der Waals surface area contributed by atoms with Crippen LogP contribution in [0.15, 0.2) is 0 Å². The third kappa shape index (κ3) is 1.70. The Bertz CT molecular complexity index is 117. The van der Waals surface area contributed by atoms with Gasteiger partial charge in [0.2, 0.25) is 0 Å². The predicted molar refractivity (Wildman–Crippen MR) is 41.9 cm³/mol. The van der Waals surface area contributed by atoms with Crippen molar-refractivity contribution in [2.24, 2.45) is 5.41 Å². The molecule has 0 spiro atoms. The monoisotopic (exact) mass is 143 g/mol. The van der Waals surface area contributed by atoms with E-state index in [9.17, 15) is 5.11 Å². The number of nitrogens with one attached hydrogen (secondary N) is 1. The van der Waals surface area contributed by atoms with Gasteiger partial charge in [-0.15, -0.1) is 0 Å². The van der Waals surface area contributed by atoms with Crippen LogP contribution in [0.4, 0.5) is 0 Å². The van der Waals surface area contributed by atoms with Crippen molar-refractivity contribution in [3.8, 4) is 0 Å². The van der Waals surface area contributed by atoms with Gasteiger partial charge in [-0.3, -0.25) is 0 Å². The smallest absolute Gasteiger partial charge is 0.0679 e. The molecule has 1 saturated heterocycles. The number of rotatable bonds is 0. The number of hydrogen-bond donors (Lipinski definition) is 2. The summed E-state index contributed by atoms with van der Waals surface area (Å²) < 4.78 is 0. The molecule has 0 aromatic rings. The van der Waals surface area contributed by atoms with E-state index in [2.05, 4.69) is 26.1 Å². The molecule has 0 aliphatic carbocycles. The summed E-state index contributed by atoms with van der Waals surface area (Å²) >= 11 is 0. The Hall–Kier alpha value is -0.0800. The molecule has 2 heteroatoms. The molecular formula is C8H17NO. The van der Waals surface area contributed by atoms with Gasteiger partial charge in [-0.1, -0.05) is 20.8 Å². The fourth-order valence-electron chi connectivity index (χ4n) is 1.38. The van der Waals surface area contributed by atoms with Crippen LogP contribution in [0, 0.1) is 5.41 Å². The molecule has 1 aliphatic rings. The zero-order valence-corrected chi connectivity index (χ0v) is 7.02. The maximum Gasteiger partial charge on any atom is 0.0679 e. The molecule has 0 saturated carbocycles.